The number of hydrogen-bond donors (Lipinski definition) is 1. The van der Waals surface area contributed by atoms with E-state index in [9.17, 15) is 14.0 Å². The van der Waals surface area contributed by atoms with Crippen molar-refractivity contribution in [1.29, 1.82) is 0 Å². The van der Waals surface area contributed by atoms with Crippen LogP contribution >= 0.6 is 15.9 Å². The maximum Gasteiger partial charge on any atom is 0.407 e. The van der Waals surface area contributed by atoms with Crippen LogP contribution in [0.4, 0.5) is 14.9 Å². The molecule has 1 aliphatic rings. The molecule has 132 valence electrons. The molecule has 1 aliphatic heterocycles. The second kappa shape index (κ2) is 7.26. The number of piperazine rings is 1. The molecule has 1 N–H and O–H groups in total. The van der Waals surface area contributed by atoms with Gasteiger partial charge in [-0.2, -0.15) is 0 Å². The summed E-state index contributed by atoms with van der Waals surface area (Å²) in [4.78, 5) is 26.9. The van der Waals surface area contributed by atoms with Gasteiger partial charge in [0, 0.05) is 32.4 Å². The summed E-state index contributed by atoms with van der Waals surface area (Å²) in [6.07, 6.45) is 0.751. The van der Waals surface area contributed by atoms with Crippen LogP contribution in [0.3, 0.4) is 0 Å². The van der Waals surface area contributed by atoms with E-state index in [4.69, 9.17) is 5.11 Å². The van der Waals surface area contributed by atoms with Gasteiger partial charge < -0.3 is 19.5 Å². The van der Waals surface area contributed by atoms with Gasteiger partial charge in [-0.05, 0) is 39.7 Å². The van der Waals surface area contributed by atoms with Crippen molar-refractivity contribution in [3.8, 4) is 0 Å². The number of hydrogen-bond acceptors (Lipinski definition) is 3. The largest absolute Gasteiger partial charge is 0.465 e. The Morgan fingerprint density at radius 2 is 1.92 bits per heavy atom. The third kappa shape index (κ3) is 3.84. The number of benzene rings is 1. The lowest BCUT2D eigenvalue weighted by atomic mass is 10.2. The number of anilines is 1. The second-order valence-electron chi connectivity index (χ2n) is 5.83. The van der Waals surface area contributed by atoms with Crippen LogP contribution in [0, 0.1) is 5.82 Å². The van der Waals surface area contributed by atoms with E-state index in [1.54, 1.807) is 18.3 Å². The van der Waals surface area contributed by atoms with E-state index < -0.39 is 6.09 Å². The molecular formula is C17H17BrFN3O3. The Bertz CT molecular complexity index is 847. The predicted octanol–water partition coefficient (Wildman–Crippen LogP) is 2.60. The van der Waals surface area contributed by atoms with Crippen molar-refractivity contribution in [1.82, 2.24) is 9.47 Å². The lowest BCUT2D eigenvalue weighted by molar-refractivity contribution is 0.142. The smallest absolute Gasteiger partial charge is 0.407 e. The number of halogens is 2. The Hall–Kier alpha value is -2.35. The summed E-state index contributed by atoms with van der Waals surface area (Å²) in [6.45, 7) is 2.13. The highest BCUT2D eigenvalue weighted by molar-refractivity contribution is 9.10. The first-order valence-corrected chi connectivity index (χ1v) is 8.61. The number of aromatic nitrogens is 1. The zero-order valence-electron chi connectivity index (χ0n) is 13.4. The van der Waals surface area contributed by atoms with Crippen LogP contribution in [0.25, 0.3) is 0 Å². The van der Waals surface area contributed by atoms with Gasteiger partial charge in [-0.1, -0.05) is 12.1 Å². The van der Waals surface area contributed by atoms with E-state index in [0.29, 0.717) is 36.2 Å². The lowest BCUT2D eigenvalue weighted by Crippen LogP contribution is -2.48. The van der Waals surface area contributed by atoms with Crippen LogP contribution in [0.5, 0.6) is 0 Å². The first kappa shape index (κ1) is 17.5. The first-order chi connectivity index (χ1) is 12.0. The molecule has 1 aromatic carbocycles. The van der Waals surface area contributed by atoms with E-state index >= 15 is 0 Å². The van der Waals surface area contributed by atoms with E-state index in [-0.39, 0.29) is 17.9 Å². The number of carboxylic acid groups (broad SMARTS) is 1. The van der Waals surface area contributed by atoms with Gasteiger partial charge >= 0.3 is 6.09 Å². The highest BCUT2D eigenvalue weighted by Gasteiger charge is 2.22. The number of carbonyl (C=O) groups is 1. The molecule has 0 radical (unpaired) electrons. The van der Waals surface area contributed by atoms with Crippen molar-refractivity contribution in [2.24, 2.45) is 0 Å². The molecule has 0 bridgehead atoms. The summed E-state index contributed by atoms with van der Waals surface area (Å²) >= 11 is 3.36. The standard InChI is InChI=1S/C17H17BrFN3O3/c18-15-14(20-6-8-21(9-7-20)17(24)25)4-5-22(16(15)23)11-12-2-1-3-13(19)10-12/h1-5,10H,6-9,11H2,(H,24,25). The Morgan fingerprint density at radius 3 is 2.56 bits per heavy atom. The van der Waals surface area contributed by atoms with Crippen molar-refractivity contribution in [2.75, 3.05) is 31.1 Å². The SMILES string of the molecule is O=C(O)N1CCN(c2ccn(Cc3cccc(F)c3)c(=O)c2Br)CC1. The molecule has 25 heavy (non-hydrogen) atoms. The Balaban J connectivity index is 1.79. The molecule has 3 rings (SSSR count). The van der Waals surface area contributed by atoms with Crippen LogP contribution in [0.2, 0.25) is 0 Å². The normalized spacial score (nSPS) is 14.6. The van der Waals surface area contributed by atoms with Crippen molar-refractivity contribution in [2.45, 2.75) is 6.54 Å². The second-order valence-corrected chi connectivity index (χ2v) is 6.63. The molecule has 1 aromatic heterocycles. The van der Waals surface area contributed by atoms with Gasteiger partial charge in [0.2, 0.25) is 0 Å². The van der Waals surface area contributed by atoms with Gasteiger partial charge in [-0.3, -0.25) is 4.79 Å². The van der Waals surface area contributed by atoms with Gasteiger partial charge in [-0.25, -0.2) is 9.18 Å². The molecule has 2 aromatic rings. The molecule has 0 unspecified atom stereocenters. The van der Waals surface area contributed by atoms with E-state index in [1.165, 1.54) is 21.6 Å². The van der Waals surface area contributed by atoms with Crippen molar-refractivity contribution >= 4 is 27.7 Å². The molecular weight excluding hydrogens is 393 g/mol. The zero-order chi connectivity index (χ0) is 18.0. The highest BCUT2D eigenvalue weighted by atomic mass is 79.9. The zero-order valence-corrected chi connectivity index (χ0v) is 14.9. The van der Waals surface area contributed by atoms with Gasteiger partial charge in [0.25, 0.3) is 5.56 Å². The minimum Gasteiger partial charge on any atom is -0.465 e. The van der Waals surface area contributed by atoms with Crippen molar-refractivity contribution < 1.29 is 14.3 Å². The molecule has 8 heteroatoms. The van der Waals surface area contributed by atoms with Gasteiger partial charge in [0.1, 0.15) is 10.3 Å². The molecule has 1 saturated heterocycles. The summed E-state index contributed by atoms with van der Waals surface area (Å²) in [6, 6.07) is 7.96. The monoisotopic (exact) mass is 409 g/mol. The summed E-state index contributed by atoms with van der Waals surface area (Å²) in [5.41, 5.74) is 1.24. The Morgan fingerprint density at radius 1 is 1.20 bits per heavy atom. The van der Waals surface area contributed by atoms with E-state index in [1.807, 2.05) is 11.0 Å². The molecule has 0 aliphatic carbocycles. The third-order valence-corrected chi connectivity index (χ3v) is 4.96. The molecule has 6 nitrogen and oxygen atoms in total. The number of pyridine rings is 1. The molecule has 0 spiro atoms. The predicted molar refractivity (Wildman–Crippen MR) is 95.7 cm³/mol. The van der Waals surface area contributed by atoms with Crippen LogP contribution in [0.1, 0.15) is 5.56 Å². The molecule has 1 fully saturated rings. The third-order valence-electron chi connectivity index (χ3n) is 4.22. The number of amides is 1. The van der Waals surface area contributed by atoms with Gasteiger partial charge in [0.05, 0.1) is 12.2 Å². The van der Waals surface area contributed by atoms with Gasteiger partial charge in [0.15, 0.2) is 0 Å². The molecule has 0 saturated carbocycles. The number of rotatable bonds is 3. The van der Waals surface area contributed by atoms with Crippen molar-refractivity contribution in [3.63, 3.8) is 0 Å². The fourth-order valence-corrected chi connectivity index (χ4v) is 3.49. The van der Waals surface area contributed by atoms with Crippen LogP contribution in [-0.2, 0) is 6.54 Å². The Kier molecular flexibility index (Phi) is 5.08. The Labute approximate surface area is 152 Å². The summed E-state index contributed by atoms with van der Waals surface area (Å²) in [7, 11) is 0. The van der Waals surface area contributed by atoms with Gasteiger partial charge in [-0.15, -0.1) is 0 Å². The lowest BCUT2D eigenvalue weighted by Gasteiger charge is -2.35. The topological polar surface area (TPSA) is 65.8 Å². The first-order valence-electron chi connectivity index (χ1n) is 7.82. The van der Waals surface area contributed by atoms with Crippen molar-refractivity contribution in [3.05, 3.63) is 62.7 Å². The molecule has 2 heterocycles. The van der Waals surface area contributed by atoms with E-state index in [2.05, 4.69) is 15.9 Å². The minimum atomic E-state index is -0.927. The maximum atomic E-state index is 13.3. The quantitative estimate of drug-likeness (QED) is 0.845. The fourth-order valence-electron chi connectivity index (χ4n) is 2.88. The molecule has 1 amide bonds. The molecule has 0 atom stereocenters. The average Bonchev–Trinajstić information content (AvgIpc) is 2.59. The summed E-state index contributed by atoms with van der Waals surface area (Å²) in [5.74, 6) is -0.336. The van der Waals surface area contributed by atoms with Crippen LogP contribution in [0.15, 0.2) is 45.8 Å². The van der Waals surface area contributed by atoms with Crippen LogP contribution < -0.4 is 10.5 Å². The average molecular weight is 410 g/mol. The number of nitrogens with zero attached hydrogens (tertiary/aromatic N) is 3. The summed E-state index contributed by atoms with van der Waals surface area (Å²) in [5, 5.41) is 9.01. The minimum absolute atomic E-state index is 0.206. The van der Waals surface area contributed by atoms with E-state index in [0.717, 1.165) is 5.69 Å². The highest BCUT2D eigenvalue weighted by Crippen LogP contribution is 2.24. The summed E-state index contributed by atoms with van der Waals surface area (Å²) < 4.78 is 15.2. The maximum absolute atomic E-state index is 13.3. The van der Waals surface area contributed by atoms with Crippen LogP contribution in [-0.4, -0.2) is 46.8 Å². The fraction of sp³-hybridized carbons (Fsp3) is 0.294.